The fourth-order valence-corrected chi connectivity index (χ4v) is 7.15. The van der Waals surface area contributed by atoms with Crippen LogP contribution in [0.25, 0.3) is 0 Å². The number of carbonyl (C=O) groups excluding carboxylic acids is 2. The first-order chi connectivity index (χ1) is 15.9. The Morgan fingerprint density at radius 1 is 0.758 bits per heavy atom. The lowest BCUT2D eigenvalue weighted by molar-refractivity contribution is 0.0978. The maximum Gasteiger partial charge on any atom is 0.194 e. The van der Waals surface area contributed by atoms with Crippen LogP contribution < -0.4 is 0 Å². The highest BCUT2D eigenvalue weighted by Crippen LogP contribution is 2.37. The van der Waals surface area contributed by atoms with Crippen LogP contribution in [0.2, 0.25) is 5.02 Å². The summed E-state index contributed by atoms with van der Waals surface area (Å²) in [5.74, 6) is 1.14. The smallest absolute Gasteiger partial charge is 0.194 e. The van der Waals surface area contributed by atoms with E-state index in [0.717, 1.165) is 27.8 Å². The maximum atomic E-state index is 13.5. The average Bonchev–Trinajstić information content (AvgIpc) is 2.77. The number of hydrogen-bond donors (Lipinski definition) is 0. The lowest BCUT2D eigenvalue weighted by atomic mass is 9.84. The highest BCUT2D eigenvalue weighted by molar-refractivity contribution is 7.99. The molecule has 0 amide bonds. The van der Waals surface area contributed by atoms with E-state index in [2.05, 4.69) is 18.2 Å². The molecule has 0 bridgehead atoms. The van der Waals surface area contributed by atoms with Crippen LogP contribution in [0.5, 0.6) is 0 Å². The van der Waals surface area contributed by atoms with Gasteiger partial charge in [-0.25, -0.2) is 4.31 Å². The zero-order chi connectivity index (χ0) is 23.1. The van der Waals surface area contributed by atoms with E-state index >= 15 is 0 Å². The third kappa shape index (κ3) is 4.78. The van der Waals surface area contributed by atoms with Crippen molar-refractivity contribution in [3.8, 4) is 0 Å². The molecule has 0 radical (unpaired) electrons. The molecule has 3 nitrogen and oxygen atoms in total. The van der Waals surface area contributed by atoms with Gasteiger partial charge in [0.05, 0.1) is 0 Å². The minimum absolute atomic E-state index is 0.0871. The second-order valence-corrected chi connectivity index (χ2v) is 11.8. The number of nitrogens with zero attached hydrogens (tertiary/aromatic N) is 1. The summed E-state index contributed by atoms with van der Waals surface area (Å²) in [6.07, 6.45) is 1.25. The maximum absolute atomic E-state index is 13.5. The molecule has 1 saturated heterocycles. The summed E-state index contributed by atoms with van der Waals surface area (Å²) in [6.45, 7) is 6.64. The van der Waals surface area contributed by atoms with Crippen molar-refractivity contribution in [3.63, 3.8) is 0 Å². The van der Waals surface area contributed by atoms with Gasteiger partial charge >= 0.3 is 0 Å². The Kier molecular flexibility index (Phi) is 6.41. The molecular formula is C27H24ClNO2S2. The van der Waals surface area contributed by atoms with Crippen molar-refractivity contribution in [1.29, 1.82) is 0 Å². The SMILES string of the molecule is C[C@@H]1C[C@H](C)CN(Sc2ccc3c(c2)C(=O)c2cc(Sc4cccc(Cl)c4)ccc2C3=O)C1. The summed E-state index contributed by atoms with van der Waals surface area (Å²) in [5.41, 5.74) is 1.94. The Bertz CT molecular complexity index is 1250. The highest BCUT2D eigenvalue weighted by atomic mass is 35.5. The Morgan fingerprint density at radius 2 is 1.33 bits per heavy atom. The molecule has 168 valence electrons. The fourth-order valence-electron chi connectivity index (χ4n) is 4.72. The van der Waals surface area contributed by atoms with Crippen molar-refractivity contribution in [1.82, 2.24) is 4.31 Å². The van der Waals surface area contributed by atoms with Crippen LogP contribution in [-0.4, -0.2) is 29.0 Å². The standard InChI is InChI=1S/C27H24ClNO2S2/c1-16-10-17(2)15-29(14-16)33-21-7-9-23-25(13-21)27(31)24-12-20(6-8-22(24)26(23)30)32-19-5-3-4-18(28)11-19/h3-9,11-13,16-17H,10,14-15H2,1-2H3/t16-,17+. The van der Waals surface area contributed by atoms with Gasteiger partial charge in [-0.1, -0.05) is 43.3 Å². The Hall–Kier alpha value is -2.05. The lowest BCUT2D eigenvalue weighted by Gasteiger charge is -2.34. The number of benzene rings is 3. The lowest BCUT2D eigenvalue weighted by Crippen LogP contribution is -2.33. The number of carbonyl (C=O) groups is 2. The molecule has 5 rings (SSSR count). The number of piperidine rings is 1. The van der Waals surface area contributed by atoms with Crippen molar-refractivity contribution in [2.75, 3.05) is 13.1 Å². The molecule has 0 spiro atoms. The molecule has 1 heterocycles. The molecule has 2 aliphatic rings. The van der Waals surface area contributed by atoms with Crippen molar-refractivity contribution >= 4 is 46.9 Å². The molecule has 0 unspecified atom stereocenters. The Morgan fingerprint density at radius 3 is 2.00 bits per heavy atom. The van der Waals surface area contributed by atoms with Crippen LogP contribution in [0.4, 0.5) is 0 Å². The summed E-state index contributed by atoms with van der Waals surface area (Å²) in [6, 6.07) is 18.8. The summed E-state index contributed by atoms with van der Waals surface area (Å²) < 4.78 is 2.38. The third-order valence-corrected chi connectivity index (χ3v) is 8.30. The molecule has 0 N–H and O–H groups in total. The van der Waals surface area contributed by atoms with Gasteiger partial charge in [-0.15, -0.1) is 0 Å². The van der Waals surface area contributed by atoms with Crippen LogP contribution >= 0.6 is 35.3 Å². The summed E-state index contributed by atoms with van der Waals surface area (Å²) in [4.78, 5) is 29.5. The minimum atomic E-state index is -0.0873. The summed E-state index contributed by atoms with van der Waals surface area (Å²) in [5, 5.41) is 0.667. The van der Waals surface area contributed by atoms with Gasteiger partial charge in [-0.3, -0.25) is 9.59 Å². The largest absolute Gasteiger partial charge is 0.289 e. The normalized spacial score (nSPS) is 20.5. The van der Waals surface area contributed by atoms with E-state index in [-0.39, 0.29) is 11.6 Å². The molecule has 0 aromatic heterocycles. The minimum Gasteiger partial charge on any atom is -0.289 e. The van der Waals surface area contributed by atoms with Gasteiger partial charge < -0.3 is 0 Å². The quantitative estimate of drug-likeness (QED) is 0.280. The molecule has 3 aromatic carbocycles. The first-order valence-electron chi connectivity index (χ1n) is 11.1. The molecule has 1 aliphatic carbocycles. The van der Waals surface area contributed by atoms with E-state index < -0.39 is 0 Å². The summed E-state index contributed by atoms with van der Waals surface area (Å²) in [7, 11) is 0. The van der Waals surface area contributed by atoms with E-state index in [4.69, 9.17) is 11.6 Å². The molecule has 3 aromatic rings. The summed E-state index contributed by atoms with van der Waals surface area (Å²) >= 11 is 9.32. The van der Waals surface area contributed by atoms with Crippen molar-refractivity contribution in [2.45, 2.75) is 35.0 Å². The van der Waals surface area contributed by atoms with Crippen LogP contribution in [0.15, 0.2) is 75.4 Å². The third-order valence-electron chi connectivity index (χ3n) is 6.06. The van der Waals surface area contributed by atoms with Gasteiger partial charge in [0, 0.05) is 55.1 Å². The number of halogens is 1. The molecular weight excluding hydrogens is 470 g/mol. The topological polar surface area (TPSA) is 37.4 Å². The zero-order valence-corrected chi connectivity index (χ0v) is 20.9. The molecule has 1 aliphatic heterocycles. The highest BCUT2D eigenvalue weighted by Gasteiger charge is 2.31. The van der Waals surface area contributed by atoms with Gasteiger partial charge in [-0.2, -0.15) is 0 Å². The second kappa shape index (κ2) is 9.30. The Labute approximate surface area is 208 Å². The van der Waals surface area contributed by atoms with Crippen molar-refractivity contribution in [3.05, 3.63) is 87.9 Å². The second-order valence-electron chi connectivity index (χ2n) is 9.02. The van der Waals surface area contributed by atoms with Crippen molar-refractivity contribution in [2.24, 2.45) is 11.8 Å². The molecule has 2 atom stereocenters. The van der Waals surface area contributed by atoms with E-state index in [1.807, 2.05) is 54.6 Å². The molecule has 1 fully saturated rings. The van der Waals surface area contributed by atoms with E-state index in [1.54, 1.807) is 18.0 Å². The van der Waals surface area contributed by atoms with E-state index in [9.17, 15) is 9.59 Å². The number of hydrogen-bond acceptors (Lipinski definition) is 5. The Balaban J connectivity index is 1.42. The predicted octanol–water partition coefficient (Wildman–Crippen LogP) is 7.25. The van der Waals surface area contributed by atoms with Crippen LogP contribution in [0.3, 0.4) is 0 Å². The van der Waals surface area contributed by atoms with E-state index in [1.165, 1.54) is 18.2 Å². The first kappa shape index (κ1) is 22.7. The van der Waals surface area contributed by atoms with Crippen LogP contribution in [0, 0.1) is 11.8 Å². The first-order valence-corrected chi connectivity index (χ1v) is 13.1. The van der Waals surface area contributed by atoms with Crippen molar-refractivity contribution < 1.29 is 9.59 Å². The van der Waals surface area contributed by atoms with Gasteiger partial charge in [0.15, 0.2) is 11.6 Å². The number of fused-ring (bicyclic) bond motifs is 2. The van der Waals surface area contributed by atoms with Gasteiger partial charge in [0.25, 0.3) is 0 Å². The molecule has 0 saturated carbocycles. The average molecular weight is 494 g/mol. The monoisotopic (exact) mass is 493 g/mol. The fraction of sp³-hybridized carbons (Fsp3) is 0.259. The van der Waals surface area contributed by atoms with Crippen LogP contribution in [0.1, 0.15) is 52.1 Å². The molecule has 33 heavy (non-hydrogen) atoms. The van der Waals surface area contributed by atoms with Gasteiger partial charge in [0.1, 0.15) is 0 Å². The van der Waals surface area contributed by atoms with E-state index in [0.29, 0.717) is 39.1 Å². The molecule has 6 heteroatoms. The number of rotatable bonds is 4. The zero-order valence-electron chi connectivity index (χ0n) is 18.5. The predicted molar refractivity (Wildman–Crippen MR) is 136 cm³/mol. The van der Waals surface area contributed by atoms with Gasteiger partial charge in [-0.05, 0) is 84.8 Å². The number of ketones is 2. The van der Waals surface area contributed by atoms with Crippen LogP contribution in [-0.2, 0) is 0 Å². The van der Waals surface area contributed by atoms with Gasteiger partial charge in [0.2, 0.25) is 0 Å².